The first-order valence-electron chi connectivity index (χ1n) is 14.7. The maximum atomic E-state index is 15.4. The number of esters is 1. The van der Waals surface area contributed by atoms with E-state index in [2.05, 4.69) is 4.74 Å². The van der Waals surface area contributed by atoms with Gasteiger partial charge in [0.25, 0.3) is 5.85 Å². The molecule has 0 bridgehead atoms. The Labute approximate surface area is 271 Å². The Balaban J connectivity index is 0.000000229. The summed E-state index contributed by atoms with van der Waals surface area (Å²) in [6.07, 6.45) is -2.83. The van der Waals surface area contributed by atoms with Crippen LogP contribution >= 0.6 is 0 Å². The largest absolute Gasteiger partial charge is 0.447 e. The second kappa shape index (κ2) is 13.8. The number of nitrogens with zero attached hydrogens (tertiary/aromatic N) is 2. The highest BCUT2D eigenvalue weighted by Crippen LogP contribution is 2.50. The van der Waals surface area contributed by atoms with Crippen molar-refractivity contribution >= 4 is 29.4 Å². The van der Waals surface area contributed by atoms with E-state index in [1.54, 1.807) is 18.2 Å². The van der Waals surface area contributed by atoms with Crippen LogP contribution in [0, 0.1) is 5.92 Å². The van der Waals surface area contributed by atoms with E-state index in [4.69, 9.17) is 14.6 Å². The number of allylic oxidation sites excluding steroid dienone is 2. The lowest BCUT2D eigenvalue weighted by Gasteiger charge is -2.38. The molecule has 17 heteroatoms. The van der Waals surface area contributed by atoms with Crippen LogP contribution in [0.5, 0.6) is 0 Å². The van der Waals surface area contributed by atoms with Crippen LogP contribution < -0.4 is 0 Å². The van der Waals surface area contributed by atoms with Gasteiger partial charge < -0.3 is 29.5 Å². The second-order valence-corrected chi connectivity index (χ2v) is 11.6. The summed E-state index contributed by atoms with van der Waals surface area (Å²) in [6, 6.07) is 7.88. The molecule has 0 aromatic heterocycles. The van der Waals surface area contributed by atoms with Crippen molar-refractivity contribution in [2.24, 2.45) is 5.92 Å². The van der Waals surface area contributed by atoms with Gasteiger partial charge in [0, 0.05) is 18.8 Å². The van der Waals surface area contributed by atoms with Gasteiger partial charge in [0.2, 0.25) is 17.7 Å². The van der Waals surface area contributed by atoms with Crippen molar-refractivity contribution in [3.63, 3.8) is 0 Å². The molecule has 13 nitrogen and oxygen atoms in total. The summed E-state index contributed by atoms with van der Waals surface area (Å²) in [5, 5.41) is 28.5. The molecule has 0 saturated carbocycles. The molecule has 8 atom stereocenters. The highest BCUT2D eigenvalue weighted by Gasteiger charge is 2.68. The van der Waals surface area contributed by atoms with Crippen LogP contribution in [0.2, 0.25) is 0 Å². The van der Waals surface area contributed by atoms with Gasteiger partial charge in [-0.15, -0.1) is 0 Å². The normalized spacial score (nSPS) is 36.4. The van der Waals surface area contributed by atoms with E-state index in [1.807, 2.05) is 0 Å². The van der Waals surface area contributed by atoms with E-state index in [9.17, 15) is 47.4 Å². The highest BCUT2D eigenvalue weighted by atomic mass is 19.2. The number of alkyl halides is 4. The van der Waals surface area contributed by atoms with Crippen LogP contribution in [0.4, 0.5) is 17.6 Å². The predicted molar refractivity (Wildman–Crippen MR) is 153 cm³/mol. The van der Waals surface area contributed by atoms with Crippen molar-refractivity contribution in [2.45, 2.75) is 74.6 Å². The Hall–Kier alpha value is -4.03. The van der Waals surface area contributed by atoms with Crippen LogP contribution in [-0.4, -0.2) is 116 Å². The molecule has 262 valence electrons. The van der Waals surface area contributed by atoms with Crippen molar-refractivity contribution in [1.29, 1.82) is 0 Å². The maximum absolute atomic E-state index is 15.4. The van der Waals surface area contributed by atoms with Crippen LogP contribution in [0.25, 0.3) is 0 Å². The van der Waals surface area contributed by atoms with Crippen molar-refractivity contribution in [3.05, 3.63) is 60.4 Å². The van der Waals surface area contributed by atoms with Gasteiger partial charge in [0.15, 0.2) is 41.3 Å². The molecule has 2 saturated heterocycles. The van der Waals surface area contributed by atoms with E-state index >= 15 is 4.39 Å². The first kappa shape index (κ1) is 36.8. The van der Waals surface area contributed by atoms with E-state index in [0.717, 1.165) is 29.5 Å². The van der Waals surface area contributed by atoms with Gasteiger partial charge in [0.1, 0.15) is 20.0 Å². The van der Waals surface area contributed by atoms with Crippen LogP contribution in [0.15, 0.2) is 54.9 Å². The molecular weight excluding hydrogens is 652 g/mol. The van der Waals surface area contributed by atoms with Crippen molar-refractivity contribution in [2.75, 3.05) is 20.0 Å². The molecule has 4 aliphatic rings. The Morgan fingerprint density at radius 3 is 1.90 bits per heavy atom. The summed E-state index contributed by atoms with van der Waals surface area (Å²) in [5.74, 6) is -9.95. The van der Waals surface area contributed by atoms with Gasteiger partial charge in [-0.2, -0.15) is 0 Å². The molecular formula is C31H34F4N2O11. The minimum absolute atomic E-state index is 0.139. The molecule has 4 heterocycles. The topological polar surface area (TPSA) is 180 Å². The number of ketones is 2. The summed E-state index contributed by atoms with van der Waals surface area (Å²) in [7, 11) is 0. The molecule has 0 radical (unpaired) electrons. The highest BCUT2D eigenvalue weighted by molar-refractivity contribution is 6.07. The number of hydrogen-bond acceptors (Lipinski definition) is 11. The number of halogens is 4. The van der Waals surface area contributed by atoms with Gasteiger partial charge in [-0.1, -0.05) is 32.0 Å². The van der Waals surface area contributed by atoms with E-state index in [1.165, 1.54) is 26.0 Å². The summed E-state index contributed by atoms with van der Waals surface area (Å²) < 4.78 is 72.5. The zero-order valence-corrected chi connectivity index (χ0v) is 25.8. The molecule has 3 N–H and O–H groups in total. The van der Waals surface area contributed by atoms with Crippen LogP contribution in [0.3, 0.4) is 0 Å². The minimum Gasteiger partial charge on any atom is -0.447 e. The number of amides is 2. The molecule has 0 unspecified atom stereocenters. The first-order chi connectivity index (χ1) is 22.6. The van der Waals surface area contributed by atoms with E-state index < -0.39 is 110 Å². The van der Waals surface area contributed by atoms with Crippen molar-refractivity contribution in [1.82, 2.24) is 9.80 Å². The summed E-state index contributed by atoms with van der Waals surface area (Å²) in [4.78, 5) is 60.7. The molecule has 0 aliphatic carbocycles. The summed E-state index contributed by atoms with van der Waals surface area (Å²) in [6.45, 7) is -1.33. The third-order valence-electron chi connectivity index (χ3n) is 8.71. The molecule has 1 aromatic rings. The fraction of sp³-hybridized carbons (Fsp3) is 0.516. The SMILES string of the molecule is CC[C@@]1(F)O[C@@H](N2C=CC(=O)CC2=O)[C@](CF)(OC(=O)c2ccccc2)[C@@H]1C.O=C1C=CN([C@@H]2O[C@](F)(CO)[C@@H](O)[C@]2(O)CF)C(=O)C1. The van der Waals surface area contributed by atoms with Gasteiger partial charge >= 0.3 is 5.97 Å². The minimum atomic E-state index is -3.11. The quantitative estimate of drug-likeness (QED) is 0.204. The number of aliphatic hydroxyl groups is 3. The molecule has 5 rings (SSSR count). The number of carbonyl (C=O) groups is 5. The zero-order chi connectivity index (χ0) is 35.7. The van der Waals surface area contributed by atoms with Gasteiger partial charge in [-0.25, -0.2) is 22.4 Å². The third kappa shape index (κ3) is 6.39. The lowest BCUT2D eigenvalue weighted by molar-refractivity contribution is -0.213. The molecule has 0 spiro atoms. The number of carbonyl (C=O) groups excluding carboxylic acids is 5. The van der Waals surface area contributed by atoms with Gasteiger partial charge in [0.05, 0.1) is 24.3 Å². The lowest BCUT2D eigenvalue weighted by atomic mass is 9.84. The molecule has 4 aliphatic heterocycles. The number of aliphatic hydroxyl groups excluding tert-OH is 2. The Kier molecular flexibility index (Phi) is 10.6. The Morgan fingerprint density at radius 2 is 1.44 bits per heavy atom. The standard InChI is InChI=1S/C20H21F2NO5.C11H13F2NO6/c1-3-20(22)13(2)19(12-21,27-17(26)14-7-5-4-6-8-14)18(28-20)23-10-9-15(24)11-16(23)25;12-4-10(19)8(18)11(13,5-15)20-9(10)14-2-1-6(16)3-7(14)17/h4-10,13,18H,3,11-12H2,1-2H3;1-2,8-9,15,18-19H,3-5H2/t13-,18+,19+,20+;8-,9+,10+,11+/m00/s1. The molecule has 2 amide bonds. The number of ether oxygens (including phenoxy) is 3. The van der Waals surface area contributed by atoms with E-state index in [-0.39, 0.29) is 12.0 Å². The third-order valence-corrected chi connectivity index (χ3v) is 8.71. The monoisotopic (exact) mass is 686 g/mol. The number of hydrogen-bond donors (Lipinski definition) is 3. The number of rotatable bonds is 8. The average molecular weight is 687 g/mol. The average Bonchev–Trinajstić information content (AvgIpc) is 3.42. The van der Waals surface area contributed by atoms with Gasteiger partial charge in [-0.05, 0) is 24.3 Å². The van der Waals surface area contributed by atoms with Gasteiger partial charge in [-0.3, -0.25) is 29.0 Å². The smallest absolute Gasteiger partial charge is 0.338 e. The summed E-state index contributed by atoms with van der Waals surface area (Å²) in [5.41, 5.74) is -4.67. The maximum Gasteiger partial charge on any atom is 0.338 e. The Bertz CT molecular complexity index is 1500. The van der Waals surface area contributed by atoms with Crippen LogP contribution in [-0.2, 0) is 33.4 Å². The predicted octanol–water partition coefficient (Wildman–Crippen LogP) is 1.31. The Morgan fingerprint density at radius 1 is 0.917 bits per heavy atom. The van der Waals surface area contributed by atoms with E-state index in [0.29, 0.717) is 4.90 Å². The second-order valence-electron chi connectivity index (χ2n) is 11.6. The zero-order valence-electron chi connectivity index (χ0n) is 25.8. The van der Waals surface area contributed by atoms with Crippen molar-refractivity contribution in [3.8, 4) is 0 Å². The molecule has 48 heavy (non-hydrogen) atoms. The lowest BCUT2D eigenvalue weighted by Crippen LogP contribution is -2.58. The summed E-state index contributed by atoms with van der Waals surface area (Å²) >= 11 is 0. The van der Waals surface area contributed by atoms with Crippen molar-refractivity contribution < 1.29 is 71.1 Å². The first-order valence-corrected chi connectivity index (χ1v) is 14.7. The van der Waals surface area contributed by atoms with Crippen LogP contribution in [0.1, 0.15) is 43.5 Å². The molecule has 2 fully saturated rings. The molecule has 1 aromatic carbocycles. The fourth-order valence-corrected chi connectivity index (χ4v) is 5.73. The fourth-order valence-electron chi connectivity index (χ4n) is 5.73. The number of benzene rings is 1.